The number of hydrogen-bond acceptors (Lipinski definition) is 4. The quantitative estimate of drug-likeness (QED) is 0.582. The van der Waals surface area contributed by atoms with Crippen LogP contribution in [0.15, 0.2) is 65.6 Å². The van der Waals surface area contributed by atoms with Crippen LogP contribution in [0, 0.1) is 26.6 Å². The standard InChI is InChI=1S/C26H28FN3O3S/c1-18-4-11-24(20(3)16-18)28-34(32,33)25-17-21(6-5-19(25)2)26(31)30-14-12-29(13-15-30)23-9-7-22(27)8-10-23/h4-11,16-17,28H,12-15H2,1-3H3. The Kier molecular flexibility index (Phi) is 6.61. The van der Waals surface area contributed by atoms with Gasteiger partial charge in [0.25, 0.3) is 15.9 Å². The van der Waals surface area contributed by atoms with Crippen LogP contribution in [-0.4, -0.2) is 45.4 Å². The monoisotopic (exact) mass is 481 g/mol. The maximum Gasteiger partial charge on any atom is 0.262 e. The lowest BCUT2D eigenvalue weighted by molar-refractivity contribution is 0.0746. The molecule has 1 aliphatic rings. The number of amides is 1. The second-order valence-corrected chi connectivity index (χ2v) is 10.3. The van der Waals surface area contributed by atoms with Crippen molar-refractivity contribution in [2.75, 3.05) is 35.8 Å². The fraction of sp³-hybridized carbons (Fsp3) is 0.269. The summed E-state index contributed by atoms with van der Waals surface area (Å²) in [5, 5.41) is 0. The summed E-state index contributed by atoms with van der Waals surface area (Å²) >= 11 is 0. The molecule has 0 aromatic heterocycles. The van der Waals surface area contributed by atoms with E-state index in [1.807, 2.05) is 26.0 Å². The predicted molar refractivity (Wildman–Crippen MR) is 132 cm³/mol. The van der Waals surface area contributed by atoms with Crippen molar-refractivity contribution in [2.45, 2.75) is 25.7 Å². The highest BCUT2D eigenvalue weighted by Gasteiger charge is 2.25. The second kappa shape index (κ2) is 9.46. The number of sulfonamides is 1. The first-order chi connectivity index (χ1) is 16.1. The number of piperazine rings is 1. The normalized spacial score (nSPS) is 14.2. The molecule has 3 aromatic carbocycles. The summed E-state index contributed by atoms with van der Waals surface area (Å²) in [7, 11) is -3.87. The van der Waals surface area contributed by atoms with Gasteiger partial charge in [-0.25, -0.2) is 12.8 Å². The molecule has 4 rings (SSSR count). The van der Waals surface area contributed by atoms with Crippen molar-refractivity contribution in [2.24, 2.45) is 0 Å². The van der Waals surface area contributed by atoms with Crippen LogP contribution in [0.2, 0.25) is 0 Å². The van der Waals surface area contributed by atoms with E-state index in [9.17, 15) is 17.6 Å². The molecule has 0 bridgehead atoms. The summed E-state index contributed by atoms with van der Waals surface area (Å²) in [6.45, 7) is 7.73. The van der Waals surface area contributed by atoms with E-state index in [1.165, 1.54) is 18.2 Å². The number of nitrogens with zero attached hydrogens (tertiary/aromatic N) is 2. The summed E-state index contributed by atoms with van der Waals surface area (Å²) in [4.78, 5) is 17.1. The van der Waals surface area contributed by atoms with Gasteiger partial charge >= 0.3 is 0 Å². The SMILES string of the molecule is Cc1ccc(NS(=O)(=O)c2cc(C(=O)N3CCN(c4ccc(F)cc4)CC3)ccc2C)c(C)c1. The molecule has 0 spiro atoms. The van der Waals surface area contributed by atoms with Crippen molar-refractivity contribution < 1.29 is 17.6 Å². The van der Waals surface area contributed by atoms with Crippen molar-refractivity contribution in [3.63, 3.8) is 0 Å². The van der Waals surface area contributed by atoms with Gasteiger partial charge in [-0.2, -0.15) is 0 Å². The number of rotatable bonds is 5. The molecular formula is C26H28FN3O3S. The fourth-order valence-corrected chi connectivity index (χ4v) is 5.56. The summed E-state index contributed by atoms with van der Waals surface area (Å²) in [6.07, 6.45) is 0. The zero-order valence-electron chi connectivity index (χ0n) is 19.5. The van der Waals surface area contributed by atoms with Crippen LogP contribution in [0.1, 0.15) is 27.0 Å². The molecule has 3 aromatic rings. The summed E-state index contributed by atoms with van der Waals surface area (Å²) in [6, 6.07) is 16.6. The van der Waals surface area contributed by atoms with Crippen LogP contribution < -0.4 is 9.62 Å². The van der Waals surface area contributed by atoms with Crippen LogP contribution in [0.5, 0.6) is 0 Å². The minimum atomic E-state index is -3.87. The van der Waals surface area contributed by atoms with Gasteiger partial charge in [0.1, 0.15) is 5.82 Å². The third kappa shape index (κ3) is 5.07. The third-order valence-electron chi connectivity index (χ3n) is 6.11. The maximum absolute atomic E-state index is 13.2. The highest BCUT2D eigenvalue weighted by atomic mass is 32.2. The van der Waals surface area contributed by atoms with Crippen LogP contribution in [0.4, 0.5) is 15.8 Å². The largest absolute Gasteiger partial charge is 0.368 e. The lowest BCUT2D eigenvalue weighted by Gasteiger charge is -2.36. The molecular weight excluding hydrogens is 453 g/mol. The molecule has 0 saturated carbocycles. The number of hydrogen-bond donors (Lipinski definition) is 1. The van der Waals surface area contributed by atoms with Gasteiger partial charge in [0, 0.05) is 37.4 Å². The van der Waals surface area contributed by atoms with E-state index in [1.54, 1.807) is 42.2 Å². The van der Waals surface area contributed by atoms with Crippen molar-refractivity contribution in [1.82, 2.24) is 4.90 Å². The Labute approximate surface area is 200 Å². The molecule has 1 saturated heterocycles. The number of aryl methyl sites for hydroxylation is 3. The molecule has 0 radical (unpaired) electrons. The van der Waals surface area contributed by atoms with Crippen LogP contribution in [-0.2, 0) is 10.0 Å². The molecule has 0 atom stereocenters. The van der Waals surface area contributed by atoms with Crippen molar-refractivity contribution in [1.29, 1.82) is 0 Å². The van der Waals surface area contributed by atoms with E-state index < -0.39 is 10.0 Å². The topological polar surface area (TPSA) is 69.7 Å². The minimum Gasteiger partial charge on any atom is -0.368 e. The molecule has 34 heavy (non-hydrogen) atoms. The van der Waals surface area contributed by atoms with Gasteiger partial charge in [-0.1, -0.05) is 23.8 Å². The first-order valence-electron chi connectivity index (χ1n) is 11.1. The van der Waals surface area contributed by atoms with E-state index in [2.05, 4.69) is 9.62 Å². The zero-order chi connectivity index (χ0) is 24.5. The molecule has 1 N–H and O–H groups in total. The van der Waals surface area contributed by atoms with Crippen molar-refractivity contribution in [3.8, 4) is 0 Å². The van der Waals surface area contributed by atoms with Gasteiger partial charge in [-0.3, -0.25) is 9.52 Å². The average Bonchev–Trinajstić information content (AvgIpc) is 2.81. The molecule has 1 heterocycles. The van der Waals surface area contributed by atoms with Crippen molar-refractivity contribution >= 4 is 27.3 Å². The highest BCUT2D eigenvalue weighted by molar-refractivity contribution is 7.92. The maximum atomic E-state index is 13.2. The Bertz CT molecular complexity index is 1320. The Morgan fingerprint density at radius 3 is 2.18 bits per heavy atom. The number of nitrogens with one attached hydrogen (secondary N) is 1. The first kappa shape index (κ1) is 23.8. The highest BCUT2D eigenvalue weighted by Crippen LogP contribution is 2.25. The Morgan fingerprint density at radius 1 is 0.853 bits per heavy atom. The van der Waals surface area contributed by atoms with Crippen LogP contribution in [0.3, 0.4) is 0 Å². The smallest absolute Gasteiger partial charge is 0.262 e. The van der Waals surface area contributed by atoms with Gasteiger partial charge < -0.3 is 9.80 Å². The molecule has 0 unspecified atom stereocenters. The predicted octanol–water partition coefficient (Wildman–Crippen LogP) is 4.51. The number of carbonyl (C=O) groups excluding carboxylic acids is 1. The Morgan fingerprint density at radius 2 is 1.53 bits per heavy atom. The van der Waals surface area contributed by atoms with E-state index in [0.717, 1.165) is 16.8 Å². The molecule has 1 aliphatic heterocycles. The Hall–Kier alpha value is -3.39. The third-order valence-corrected chi connectivity index (χ3v) is 7.62. The number of halogens is 1. The second-order valence-electron chi connectivity index (χ2n) is 8.66. The van der Waals surface area contributed by atoms with Gasteiger partial charge in [0.15, 0.2) is 0 Å². The number of carbonyl (C=O) groups is 1. The van der Waals surface area contributed by atoms with Crippen LogP contribution in [0.25, 0.3) is 0 Å². The lowest BCUT2D eigenvalue weighted by atomic mass is 10.1. The van der Waals surface area contributed by atoms with E-state index in [0.29, 0.717) is 43.0 Å². The van der Waals surface area contributed by atoms with Gasteiger partial charge in [0.05, 0.1) is 10.6 Å². The van der Waals surface area contributed by atoms with E-state index in [-0.39, 0.29) is 16.6 Å². The summed E-state index contributed by atoms with van der Waals surface area (Å²) in [5.41, 5.74) is 4.20. The number of benzene rings is 3. The average molecular weight is 482 g/mol. The van der Waals surface area contributed by atoms with E-state index >= 15 is 0 Å². The molecule has 6 nitrogen and oxygen atoms in total. The van der Waals surface area contributed by atoms with Gasteiger partial charge in [-0.15, -0.1) is 0 Å². The number of anilines is 2. The van der Waals surface area contributed by atoms with Gasteiger partial charge in [0.2, 0.25) is 0 Å². The summed E-state index contributed by atoms with van der Waals surface area (Å²) < 4.78 is 42.2. The molecule has 178 valence electrons. The molecule has 8 heteroatoms. The fourth-order valence-electron chi connectivity index (χ4n) is 4.15. The first-order valence-corrected chi connectivity index (χ1v) is 12.6. The van der Waals surface area contributed by atoms with Gasteiger partial charge in [-0.05, 0) is 74.4 Å². The Balaban J connectivity index is 1.50. The molecule has 0 aliphatic carbocycles. The van der Waals surface area contributed by atoms with Crippen LogP contribution >= 0.6 is 0 Å². The summed E-state index contributed by atoms with van der Waals surface area (Å²) in [5.74, 6) is -0.489. The minimum absolute atomic E-state index is 0.0864. The van der Waals surface area contributed by atoms with Crippen molar-refractivity contribution in [3.05, 3.63) is 88.7 Å². The zero-order valence-corrected chi connectivity index (χ0v) is 20.3. The molecule has 1 fully saturated rings. The lowest BCUT2D eigenvalue weighted by Crippen LogP contribution is -2.48. The van der Waals surface area contributed by atoms with E-state index in [4.69, 9.17) is 0 Å². The molecule has 1 amide bonds.